The number of thiazole rings is 1. The van der Waals surface area contributed by atoms with E-state index in [4.69, 9.17) is 0 Å². The number of rotatable bonds is 8. The van der Waals surface area contributed by atoms with E-state index in [1.807, 2.05) is 0 Å². The van der Waals surface area contributed by atoms with Gasteiger partial charge in [-0.3, -0.25) is 19.8 Å². The highest BCUT2D eigenvalue weighted by Gasteiger charge is 2.24. The summed E-state index contributed by atoms with van der Waals surface area (Å²) in [5.74, 6) is -0.832. The number of carbonyl (C=O) groups excluding carboxylic acids is 1. The molecule has 0 fully saturated rings. The van der Waals surface area contributed by atoms with Crippen molar-refractivity contribution in [2.24, 2.45) is 0 Å². The van der Waals surface area contributed by atoms with Gasteiger partial charge in [0.05, 0.1) is 35.8 Å². The molecule has 0 aliphatic carbocycles. The van der Waals surface area contributed by atoms with Crippen LogP contribution in [-0.4, -0.2) is 42.0 Å². The summed E-state index contributed by atoms with van der Waals surface area (Å²) in [4.78, 5) is 30.9. The molecule has 0 saturated heterocycles. The van der Waals surface area contributed by atoms with E-state index in [1.54, 1.807) is 18.2 Å². The number of likely N-dealkylation sites (N-methyl/N-ethyl adjacent to an activating group) is 1. The van der Waals surface area contributed by atoms with Crippen LogP contribution < -0.4 is 9.80 Å². The van der Waals surface area contributed by atoms with Gasteiger partial charge in [-0.1, -0.05) is 23.5 Å². The van der Waals surface area contributed by atoms with Crippen molar-refractivity contribution in [3.05, 3.63) is 64.0 Å². The predicted octanol–water partition coefficient (Wildman–Crippen LogP) is 2.92. The number of nitro groups is 1. The first-order valence-electron chi connectivity index (χ1n) is 9.39. The number of hydrogen-bond donors (Lipinski definition) is 1. The van der Waals surface area contributed by atoms with Gasteiger partial charge in [0.2, 0.25) is 0 Å². The second kappa shape index (κ2) is 9.06. The number of para-hydroxylation sites is 1. The molecule has 0 unspecified atom stereocenters. The van der Waals surface area contributed by atoms with Gasteiger partial charge in [0.15, 0.2) is 5.13 Å². The van der Waals surface area contributed by atoms with E-state index in [0.29, 0.717) is 22.9 Å². The second-order valence-corrected chi connectivity index (χ2v) is 7.56. The average Bonchev–Trinajstić information content (AvgIpc) is 3.16. The Balaban J connectivity index is 1.99. The highest BCUT2D eigenvalue weighted by Crippen LogP contribution is 2.31. The van der Waals surface area contributed by atoms with Crippen LogP contribution in [-0.2, 0) is 0 Å². The highest BCUT2D eigenvalue weighted by molar-refractivity contribution is 7.22. The first-order valence-corrected chi connectivity index (χ1v) is 10.2. The summed E-state index contributed by atoms with van der Waals surface area (Å²) in [5.41, 5.74) is 0.272. The third kappa shape index (κ3) is 4.57. The SMILES string of the molecule is CC[NH+](CC)CCN(C(=O)c1cccc([N+](=O)[O-])c1)c1nc2c(F)cccc2s1. The number of carbonyl (C=O) groups is 1. The number of amides is 1. The molecule has 3 aromatic rings. The van der Waals surface area contributed by atoms with Crippen molar-refractivity contribution in [3.63, 3.8) is 0 Å². The summed E-state index contributed by atoms with van der Waals surface area (Å²) >= 11 is 1.23. The van der Waals surface area contributed by atoms with Gasteiger partial charge in [0, 0.05) is 17.7 Å². The summed E-state index contributed by atoms with van der Waals surface area (Å²) in [6.07, 6.45) is 0. The maximum absolute atomic E-state index is 14.1. The predicted molar refractivity (Wildman–Crippen MR) is 111 cm³/mol. The average molecular weight is 417 g/mol. The lowest BCUT2D eigenvalue weighted by Crippen LogP contribution is -3.12. The summed E-state index contributed by atoms with van der Waals surface area (Å²) in [7, 11) is 0. The number of anilines is 1. The number of hydrogen-bond acceptors (Lipinski definition) is 5. The molecular weight excluding hydrogens is 395 g/mol. The van der Waals surface area contributed by atoms with Crippen LogP contribution in [0.1, 0.15) is 24.2 Å². The van der Waals surface area contributed by atoms with E-state index in [0.717, 1.165) is 13.1 Å². The van der Waals surface area contributed by atoms with Crippen molar-refractivity contribution in [2.45, 2.75) is 13.8 Å². The van der Waals surface area contributed by atoms with Crippen LogP contribution >= 0.6 is 11.3 Å². The summed E-state index contributed by atoms with van der Waals surface area (Å²) in [6, 6.07) is 10.3. The quantitative estimate of drug-likeness (QED) is 0.451. The molecule has 9 heteroatoms. The van der Waals surface area contributed by atoms with Crippen molar-refractivity contribution in [2.75, 3.05) is 31.1 Å². The zero-order valence-electron chi connectivity index (χ0n) is 16.2. The van der Waals surface area contributed by atoms with Crippen LogP contribution in [0.5, 0.6) is 0 Å². The largest absolute Gasteiger partial charge is 0.334 e. The van der Waals surface area contributed by atoms with E-state index in [9.17, 15) is 19.3 Å². The van der Waals surface area contributed by atoms with E-state index in [-0.39, 0.29) is 22.7 Å². The standard InChI is InChI=1S/C20H21FN4O3S/c1-3-23(4-2)11-12-24(19(26)14-7-5-8-15(13-14)25(27)28)20-22-18-16(21)9-6-10-17(18)29-20/h5-10,13H,3-4,11-12H2,1-2H3/p+1. The zero-order valence-corrected chi connectivity index (χ0v) is 17.0. The molecule has 0 radical (unpaired) electrons. The molecule has 0 bridgehead atoms. The molecule has 0 aliphatic heterocycles. The number of halogens is 1. The molecule has 7 nitrogen and oxygen atoms in total. The number of quaternary nitrogens is 1. The number of benzene rings is 2. The minimum absolute atomic E-state index is 0.152. The Bertz CT molecular complexity index is 1040. The second-order valence-electron chi connectivity index (χ2n) is 6.55. The monoisotopic (exact) mass is 417 g/mol. The molecule has 0 aliphatic rings. The van der Waals surface area contributed by atoms with Gasteiger partial charge < -0.3 is 4.90 Å². The van der Waals surface area contributed by atoms with Gasteiger partial charge in [-0.15, -0.1) is 0 Å². The van der Waals surface area contributed by atoms with Gasteiger partial charge in [0.1, 0.15) is 11.3 Å². The molecule has 2 aromatic carbocycles. The van der Waals surface area contributed by atoms with Gasteiger partial charge in [-0.05, 0) is 32.0 Å². The van der Waals surface area contributed by atoms with Crippen LogP contribution in [0.2, 0.25) is 0 Å². The molecule has 1 heterocycles. The molecule has 3 rings (SSSR count). The lowest BCUT2D eigenvalue weighted by Gasteiger charge is -2.23. The minimum Gasteiger partial charge on any atom is -0.334 e. The Hall–Kier alpha value is -2.91. The topological polar surface area (TPSA) is 80.8 Å². The highest BCUT2D eigenvalue weighted by atomic mass is 32.1. The summed E-state index contributed by atoms with van der Waals surface area (Å²) in [5, 5.41) is 11.5. The molecule has 0 atom stereocenters. The molecule has 1 N–H and O–H groups in total. The van der Waals surface area contributed by atoms with E-state index in [1.165, 1.54) is 45.4 Å². The fourth-order valence-corrected chi connectivity index (χ4v) is 4.09. The Morgan fingerprint density at radius 2 is 1.97 bits per heavy atom. The first kappa shape index (κ1) is 20.8. The Labute approximate surface area is 171 Å². The number of nitrogens with one attached hydrogen (secondary N) is 1. The number of nitrogens with zero attached hydrogens (tertiary/aromatic N) is 3. The molecule has 152 valence electrons. The van der Waals surface area contributed by atoms with Crippen LogP contribution in [0.15, 0.2) is 42.5 Å². The summed E-state index contributed by atoms with van der Waals surface area (Å²) in [6.45, 7) is 7.01. The maximum atomic E-state index is 14.1. The zero-order chi connectivity index (χ0) is 21.0. The van der Waals surface area contributed by atoms with Crippen molar-refractivity contribution < 1.29 is 19.0 Å². The van der Waals surface area contributed by atoms with E-state index in [2.05, 4.69) is 18.8 Å². The molecular formula is C20H22FN4O3S+. The normalized spacial score (nSPS) is 11.2. The third-order valence-electron chi connectivity index (χ3n) is 4.83. The number of aromatic nitrogens is 1. The number of non-ortho nitro benzene ring substituents is 1. The maximum Gasteiger partial charge on any atom is 0.270 e. The fraction of sp³-hybridized carbons (Fsp3) is 0.300. The van der Waals surface area contributed by atoms with Crippen LogP contribution in [0.3, 0.4) is 0 Å². The van der Waals surface area contributed by atoms with Gasteiger partial charge in [-0.25, -0.2) is 9.37 Å². The first-order chi connectivity index (χ1) is 13.9. The van der Waals surface area contributed by atoms with E-state index >= 15 is 0 Å². The molecule has 0 saturated carbocycles. The third-order valence-corrected chi connectivity index (χ3v) is 5.87. The Kier molecular flexibility index (Phi) is 6.50. The molecule has 1 aromatic heterocycles. The smallest absolute Gasteiger partial charge is 0.270 e. The summed E-state index contributed by atoms with van der Waals surface area (Å²) < 4.78 is 14.8. The Morgan fingerprint density at radius 3 is 2.62 bits per heavy atom. The molecule has 1 amide bonds. The van der Waals surface area contributed by atoms with E-state index < -0.39 is 10.7 Å². The molecule has 0 spiro atoms. The minimum atomic E-state index is -0.533. The molecule has 29 heavy (non-hydrogen) atoms. The van der Waals surface area contributed by atoms with Crippen LogP contribution in [0, 0.1) is 15.9 Å². The van der Waals surface area contributed by atoms with Crippen molar-refractivity contribution in [3.8, 4) is 0 Å². The van der Waals surface area contributed by atoms with Gasteiger partial charge >= 0.3 is 0 Å². The van der Waals surface area contributed by atoms with Crippen molar-refractivity contribution in [1.82, 2.24) is 4.98 Å². The lowest BCUT2D eigenvalue weighted by molar-refractivity contribution is -0.894. The van der Waals surface area contributed by atoms with Crippen molar-refractivity contribution in [1.29, 1.82) is 0 Å². The lowest BCUT2D eigenvalue weighted by atomic mass is 10.2. The van der Waals surface area contributed by atoms with Gasteiger partial charge in [-0.2, -0.15) is 0 Å². The van der Waals surface area contributed by atoms with Crippen LogP contribution in [0.25, 0.3) is 10.2 Å². The van der Waals surface area contributed by atoms with Gasteiger partial charge in [0.25, 0.3) is 11.6 Å². The number of nitro benzene ring substituents is 1. The van der Waals surface area contributed by atoms with Crippen LogP contribution in [0.4, 0.5) is 15.2 Å². The Morgan fingerprint density at radius 1 is 1.24 bits per heavy atom. The number of fused-ring (bicyclic) bond motifs is 1. The fourth-order valence-electron chi connectivity index (χ4n) is 3.08. The van der Waals surface area contributed by atoms with Crippen molar-refractivity contribution >= 4 is 38.3 Å².